The number of aromatic nitrogens is 1. The van der Waals surface area contributed by atoms with Crippen LogP contribution in [0.25, 0.3) is 0 Å². The minimum Gasteiger partial charge on any atom is -0.359 e. The molecule has 0 saturated carbocycles. The van der Waals surface area contributed by atoms with Gasteiger partial charge in [0.15, 0.2) is 5.82 Å². The van der Waals surface area contributed by atoms with Gasteiger partial charge in [-0.05, 0) is 13.8 Å². The fourth-order valence-corrected chi connectivity index (χ4v) is 0.418. The van der Waals surface area contributed by atoms with Crippen LogP contribution in [0.2, 0.25) is 0 Å². The summed E-state index contributed by atoms with van der Waals surface area (Å²) in [6.45, 7) is 3.61. The van der Waals surface area contributed by atoms with Crippen LogP contribution in [-0.4, -0.2) is 5.16 Å². The van der Waals surface area contributed by atoms with E-state index in [1.807, 2.05) is 6.92 Å². The SMILES string of the molecule is Cc1onc([NH])c1C. The molecule has 0 amide bonds. The number of nitrogens with zero attached hydrogens (tertiary/aromatic N) is 1. The molecule has 0 aliphatic heterocycles. The van der Waals surface area contributed by atoms with Crippen molar-refractivity contribution < 1.29 is 4.52 Å². The quantitative estimate of drug-likeness (QED) is 0.505. The molecule has 0 saturated heterocycles. The molecule has 1 rings (SSSR count). The molecule has 1 aromatic rings. The van der Waals surface area contributed by atoms with Crippen LogP contribution in [0.5, 0.6) is 0 Å². The van der Waals surface area contributed by atoms with Gasteiger partial charge < -0.3 is 4.52 Å². The summed E-state index contributed by atoms with van der Waals surface area (Å²) in [7, 11) is 0. The first-order chi connectivity index (χ1) is 3.72. The van der Waals surface area contributed by atoms with Crippen molar-refractivity contribution in [3.8, 4) is 0 Å². The van der Waals surface area contributed by atoms with Crippen LogP contribution in [0.4, 0.5) is 5.82 Å². The Kier molecular flexibility index (Phi) is 0.970. The second-order valence-electron chi connectivity index (χ2n) is 1.71. The van der Waals surface area contributed by atoms with Gasteiger partial charge >= 0.3 is 0 Å². The Morgan fingerprint density at radius 3 is 2.25 bits per heavy atom. The molecule has 8 heavy (non-hydrogen) atoms. The molecule has 0 spiro atoms. The largest absolute Gasteiger partial charge is 0.359 e. The van der Waals surface area contributed by atoms with Gasteiger partial charge in [-0.2, -0.15) is 0 Å². The number of rotatable bonds is 0. The maximum absolute atomic E-state index is 7.04. The molecule has 0 aliphatic rings. The Balaban J connectivity index is 3.19. The third-order valence-electron chi connectivity index (χ3n) is 1.16. The topological polar surface area (TPSA) is 49.8 Å². The molecule has 0 atom stereocenters. The van der Waals surface area contributed by atoms with Gasteiger partial charge in [0.1, 0.15) is 5.76 Å². The minimum atomic E-state index is 0.238. The Labute approximate surface area is 47.5 Å². The average molecular weight is 111 g/mol. The van der Waals surface area contributed by atoms with Crippen LogP contribution in [0, 0.1) is 13.8 Å². The Hall–Kier alpha value is -0.990. The molecule has 43 valence electrons. The van der Waals surface area contributed by atoms with Gasteiger partial charge in [-0.25, -0.2) is 0 Å². The highest BCUT2D eigenvalue weighted by Gasteiger charge is 2.01. The first kappa shape index (κ1) is 5.15. The number of hydrogen-bond acceptors (Lipinski definition) is 2. The van der Waals surface area contributed by atoms with Crippen LogP contribution in [0.3, 0.4) is 0 Å². The first-order valence-electron chi connectivity index (χ1n) is 2.36. The van der Waals surface area contributed by atoms with Crippen LogP contribution in [0.1, 0.15) is 11.3 Å². The van der Waals surface area contributed by atoms with Crippen molar-refractivity contribution >= 4 is 5.82 Å². The highest BCUT2D eigenvalue weighted by atomic mass is 16.5. The highest BCUT2D eigenvalue weighted by Crippen LogP contribution is 2.12. The predicted octanol–water partition coefficient (Wildman–Crippen LogP) is 1.21. The fourth-order valence-electron chi connectivity index (χ4n) is 0.418. The summed E-state index contributed by atoms with van der Waals surface area (Å²) in [4.78, 5) is 0. The summed E-state index contributed by atoms with van der Waals surface area (Å²) in [6.07, 6.45) is 0. The maximum atomic E-state index is 7.04. The molecule has 1 radical (unpaired) electrons. The van der Waals surface area contributed by atoms with Crippen LogP contribution >= 0.6 is 0 Å². The lowest BCUT2D eigenvalue weighted by molar-refractivity contribution is 0.398. The predicted molar refractivity (Wildman–Crippen MR) is 28.7 cm³/mol. The van der Waals surface area contributed by atoms with E-state index in [1.54, 1.807) is 6.92 Å². The van der Waals surface area contributed by atoms with E-state index >= 15 is 0 Å². The van der Waals surface area contributed by atoms with Gasteiger partial charge in [-0.3, -0.25) is 5.73 Å². The van der Waals surface area contributed by atoms with Crippen molar-refractivity contribution in [2.45, 2.75) is 13.8 Å². The van der Waals surface area contributed by atoms with Crippen LogP contribution < -0.4 is 5.73 Å². The fraction of sp³-hybridized carbons (Fsp3) is 0.400. The lowest BCUT2D eigenvalue weighted by Crippen LogP contribution is -1.71. The third-order valence-corrected chi connectivity index (χ3v) is 1.16. The molecular weight excluding hydrogens is 104 g/mol. The first-order valence-corrected chi connectivity index (χ1v) is 2.36. The standard InChI is InChI=1S/C5H7N2O/c1-3-4(2)8-7-5(3)6/h6H,1-2H3. The number of aryl methyl sites for hydroxylation is 1. The van der Waals surface area contributed by atoms with Gasteiger partial charge in [0, 0.05) is 5.56 Å². The maximum Gasteiger partial charge on any atom is 0.191 e. The Morgan fingerprint density at radius 2 is 2.12 bits per heavy atom. The van der Waals surface area contributed by atoms with Crippen molar-refractivity contribution in [1.82, 2.24) is 10.9 Å². The van der Waals surface area contributed by atoms with Gasteiger partial charge in [0.25, 0.3) is 0 Å². The summed E-state index contributed by atoms with van der Waals surface area (Å²) in [5.41, 5.74) is 7.86. The Morgan fingerprint density at radius 1 is 1.50 bits per heavy atom. The molecule has 0 unspecified atom stereocenters. The third kappa shape index (κ3) is 0.559. The van der Waals surface area contributed by atoms with E-state index in [1.165, 1.54) is 0 Å². The van der Waals surface area contributed by atoms with E-state index in [-0.39, 0.29) is 5.82 Å². The van der Waals surface area contributed by atoms with Crippen molar-refractivity contribution in [1.29, 1.82) is 0 Å². The second-order valence-corrected chi connectivity index (χ2v) is 1.71. The summed E-state index contributed by atoms with van der Waals surface area (Å²) in [5.74, 6) is 0.970. The summed E-state index contributed by atoms with van der Waals surface area (Å²) < 4.78 is 4.66. The summed E-state index contributed by atoms with van der Waals surface area (Å²) >= 11 is 0. The zero-order valence-corrected chi connectivity index (χ0v) is 4.86. The van der Waals surface area contributed by atoms with E-state index in [0.29, 0.717) is 0 Å². The van der Waals surface area contributed by atoms with Gasteiger partial charge in [0.05, 0.1) is 0 Å². The van der Waals surface area contributed by atoms with E-state index in [2.05, 4.69) is 9.68 Å². The molecule has 1 aromatic heterocycles. The zero-order chi connectivity index (χ0) is 6.15. The van der Waals surface area contributed by atoms with E-state index in [4.69, 9.17) is 5.73 Å². The minimum absolute atomic E-state index is 0.238. The van der Waals surface area contributed by atoms with Gasteiger partial charge in [-0.1, -0.05) is 5.16 Å². The monoisotopic (exact) mass is 111 g/mol. The van der Waals surface area contributed by atoms with E-state index < -0.39 is 0 Å². The lowest BCUT2D eigenvalue weighted by Gasteiger charge is -1.79. The Bertz CT molecular complexity index is 173. The molecule has 0 aliphatic carbocycles. The lowest BCUT2D eigenvalue weighted by atomic mass is 10.3. The van der Waals surface area contributed by atoms with Crippen molar-refractivity contribution in [3.05, 3.63) is 11.3 Å². The zero-order valence-electron chi connectivity index (χ0n) is 4.86. The molecule has 0 fully saturated rings. The van der Waals surface area contributed by atoms with Crippen molar-refractivity contribution in [2.24, 2.45) is 0 Å². The molecule has 0 bridgehead atoms. The second kappa shape index (κ2) is 1.51. The highest BCUT2D eigenvalue weighted by molar-refractivity contribution is 5.34. The number of hydrogen-bond donors (Lipinski definition) is 0. The smallest absolute Gasteiger partial charge is 0.191 e. The van der Waals surface area contributed by atoms with E-state index in [0.717, 1.165) is 11.3 Å². The number of nitrogens with one attached hydrogen (secondary N) is 1. The molecule has 1 N–H and O–H groups in total. The van der Waals surface area contributed by atoms with Crippen molar-refractivity contribution in [3.63, 3.8) is 0 Å². The van der Waals surface area contributed by atoms with E-state index in [9.17, 15) is 0 Å². The molecule has 3 nitrogen and oxygen atoms in total. The van der Waals surface area contributed by atoms with Gasteiger partial charge in [0.2, 0.25) is 0 Å². The van der Waals surface area contributed by atoms with Crippen LogP contribution in [-0.2, 0) is 0 Å². The molecule has 1 heterocycles. The van der Waals surface area contributed by atoms with Crippen molar-refractivity contribution in [2.75, 3.05) is 0 Å². The van der Waals surface area contributed by atoms with Crippen LogP contribution in [0.15, 0.2) is 4.52 Å². The summed E-state index contributed by atoms with van der Waals surface area (Å²) in [6, 6.07) is 0. The molecule has 0 aromatic carbocycles. The molecular formula is C5H7N2O. The summed E-state index contributed by atoms with van der Waals surface area (Å²) in [5, 5.41) is 3.41. The average Bonchev–Trinajstić information content (AvgIpc) is 1.98. The normalized spacial score (nSPS) is 9.75. The molecule has 3 heteroatoms. The van der Waals surface area contributed by atoms with Gasteiger partial charge in [-0.15, -0.1) is 0 Å².